The van der Waals surface area contributed by atoms with E-state index in [0.29, 0.717) is 21.4 Å². The minimum absolute atomic E-state index is 0.000219. The van der Waals surface area contributed by atoms with Gasteiger partial charge < -0.3 is 9.88 Å². The van der Waals surface area contributed by atoms with Gasteiger partial charge in [-0.15, -0.1) is 0 Å². The monoisotopic (exact) mass is 397 g/mol. The van der Waals surface area contributed by atoms with Crippen molar-refractivity contribution in [2.24, 2.45) is 0 Å². The minimum Gasteiger partial charge on any atom is -0.337 e. The Morgan fingerprint density at radius 2 is 1.85 bits per heavy atom. The summed E-state index contributed by atoms with van der Waals surface area (Å²) in [6.07, 6.45) is 5.78. The highest BCUT2D eigenvalue weighted by molar-refractivity contribution is 7.71. The van der Waals surface area contributed by atoms with Crippen LogP contribution in [0.1, 0.15) is 41.7 Å². The lowest BCUT2D eigenvalue weighted by Crippen LogP contribution is -2.35. The summed E-state index contributed by atoms with van der Waals surface area (Å²) in [4.78, 5) is 18.2. The quantitative estimate of drug-likeness (QED) is 0.573. The molecule has 0 radical (unpaired) electrons. The summed E-state index contributed by atoms with van der Waals surface area (Å²) >= 11 is 11.3. The van der Waals surface area contributed by atoms with Crippen LogP contribution in [0.3, 0.4) is 0 Å². The Morgan fingerprint density at radius 3 is 2.41 bits per heavy atom. The van der Waals surface area contributed by atoms with Crippen LogP contribution in [0.5, 0.6) is 0 Å². The third-order valence-corrected chi connectivity index (χ3v) is 5.55. The van der Waals surface area contributed by atoms with Crippen LogP contribution < -0.4 is 0 Å². The zero-order valence-corrected chi connectivity index (χ0v) is 16.5. The van der Waals surface area contributed by atoms with Crippen LogP contribution in [0.4, 0.5) is 0 Å². The first-order chi connectivity index (χ1) is 13.0. The van der Waals surface area contributed by atoms with Crippen molar-refractivity contribution in [1.82, 2.24) is 14.5 Å². The first kappa shape index (κ1) is 18.0. The lowest BCUT2D eigenvalue weighted by molar-refractivity contribution is 0.0674. The number of halogens is 1. The first-order valence-electron chi connectivity index (χ1n) is 8.99. The van der Waals surface area contributed by atoms with Gasteiger partial charge in [0.15, 0.2) is 4.77 Å². The van der Waals surface area contributed by atoms with E-state index in [1.54, 1.807) is 6.20 Å². The summed E-state index contributed by atoms with van der Waals surface area (Å²) in [5.41, 5.74) is 2.71. The first-order valence-corrected chi connectivity index (χ1v) is 9.78. The Morgan fingerprint density at radius 1 is 1.19 bits per heavy atom. The lowest BCUT2D eigenvalue weighted by atomic mass is 10.0. The van der Waals surface area contributed by atoms with Crippen molar-refractivity contribution in [2.75, 3.05) is 0 Å². The third kappa shape index (κ3) is 3.70. The Bertz CT molecular complexity index is 1000. The van der Waals surface area contributed by atoms with Crippen molar-refractivity contribution in [3.63, 3.8) is 0 Å². The van der Waals surface area contributed by atoms with E-state index < -0.39 is 0 Å². The minimum atomic E-state index is 0.000219. The van der Waals surface area contributed by atoms with Crippen molar-refractivity contribution in [1.29, 1.82) is 0 Å². The number of aromatic amines is 1. The molecule has 4 nitrogen and oxygen atoms in total. The predicted molar refractivity (Wildman–Crippen MR) is 110 cm³/mol. The second-order valence-electron chi connectivity index (χ2n) is 6.85. The molecule has 1 heterocycles. The Balaban J connectivity index is 1.60. The summed E-state index contributed by atoms with van der Waals surface area (Å²) in [6, 6.07) is 15.6. The van der Waals surface area contributed by atoms with Crippen LogP contribution in [0.2, 0.25) is 5.02 Å². The number of H-pyrrole nitrogens is 1. The standard InChI is InChI=1S/C21H20ClN3OS/c1-14(15-2-6-17(22)7-3-15)25(19-10-11-19)20(26)16-4-8-18(9-5-16)24-13-12-23-21(24)27/h2-9,12-14,19H,10-11H2,1H3,(H,23,27)/t14-/m0/s1. The highest BCUT2D eigenvalue weighted by atomic mass is 35.5. The molecule has 1 N–H and O–H groups in total. The predicted octanol–water partition coefficient (Wildman–Crippen LogP) is 5.55. The molecule has 0 unspecified atom stereocenters. The fraction of sp³-hybridized carbons (Fsp3) is 0.238. The molecular formula is C21H20ClN3OS. The maximum absolute atomic E-state index is 13.2. The van der Waals surface area contributed by atoms with E-state index in [9.17, 15) is 4.79 Å². The van der Waals surface area contributed by atoms with E-state index in [1.165, 1.54) is 0 Å². The number of carbonyl (C=O) groups excluding carboxylic acids is 1. The van der Waals surface area contributed by atoms with Gasteiger partial charge in [-0.05, 0) is 73.9 Å². The van der Waals surface area contributed by atoms with Gasteiger partial charge in [-0.3, -0.25) is 9.36 Å². The fourth-order valence-electron chi connectivity index (χ4n) is 3.35. The van der Waals surface area contributed by atoms with Crippen LogP contribution in [0.25, 0.3) is 5.69 Å². The second kappa shape index (κ2) is 7.33. The van der Waals surface area contributed by atoms with Gasteiger partial charge in [0.2, 0.25) is 0 Å². The molecule has 0 bridgehead atoms. The van der Waals surface area contributed by atoms with Gasteiger partial charge in [0.25, 0.3) is 5.91 Å². The van der Waals surface area contributed by atoms with Gasteiger partial charge in [0.1, 0.15) is 0 Å². The number of nitrogens with zero attached hydrogens (tertiary/aromatic N) is 2. The summed E-state index contributed by atoms with van der Waals surface area (Å²) in [5.74, 6) is 0.0594. The molecule has 0 spiro atoms. The van der Waals surface area contributed by atoms with E-state index in [2.05, 4.69) is 11.9 Å². The summed E-state index contributed by atoms with van der Waals surface area (Å²) in [5, 5.41) is 0.703. The average Bonchev–Trinajstić information content (AvgIpc) is 3.42. The molecule has 6 heteroatoms. The fourth-order valence-corrected chi connectivity index (χ4v) is 3.71. The van der Waals surface area contributed by atoms with Gasteiger partial charge >= 0.3 is 0 Å². The summed E-state index contributed by atoms with van der Waals surface area (Å²) in [7, 11) is 0. The van der Waals surface area contributed by atoms with Gasteiger partial charge in [0, 0.05) is 34.7 Å². The van der Waals surface area contributed by atoms with Crippen LogP contribution in [0.15, 0.2) is 60.9 Å². The van der Waals surface area contributed by atoms with Crippen LogP contribution in [0, 0.1) is 4.77 Å². The van der Waals surface area contributed by atoms with E-state index in [0.717, 1.165) is 24.1 Å². The van der Waals surface area contributed by atoms with Gasteiger partial charge in [0.05, 0.1) is 6.04 Å². The number of rotatable bonds is 5. The van der Waals surface area contributed by atoms with Crippen LogP contribution in [-0.4, -0.2) is 26.4 Å². The number of hydrogen-bond acceptors (Lipinski definition) is 2. The van der Waals surface area contributed by atoms with Crippen molar-refractivity contribution in [3.8, 4) is 5.69 Å². The molecule has 1 saturated carbocycles. The topological polar surface area (TPSA) is 41.0 Å². The van der Waals surface area contributed by atoms with Crippen molar-refractivity contribution >= 4 is 29.7 Å². The number of benzene rings is 2. The molecule has 0 saturated heterocycles. The van der Waals surface area contributed by atoms with Crippen molar-refractivity contribution in [3.05, 3.63) is 81.8 Å². The highest BCUT2D eigenvalue weighted by Gasteiger charge is 2.36. The maximum atomic E-state index is 13.2. The molecule has 27 heavy (non-hydrogen) atoms. The van der Waals surface area contributed by atoms with Crippen LogP contribution >= 0.6 is 23.8 Å². The maximum Gasteiger partial charge on any atom is 0.254 e. The molecule has 3 aromatic rings. The summed E-state index contributed by atoms with van der Waals surface area (Å²) < 4.78 is 2.50. The smallest absolute Gasteiger partial charge is 0.254 e. The molecule has 1 aliphatic rings. The molecule has 1 aromatic heterocycles. The Kier molecular flexibility index (Phi) is 4.89. The molecule has 2 aromatic carbocycles. The molecule has 1 atom stereocenters. The average molecular weight is 398 g/mol. The van der Waals surface area contributed by atoms with E-state index in [-0.39, 0.29) is 11.9 Å². The van der Waals surface area contributed by atoms with Gasteiger partial charge in [-0.25, -0.2) is 0 Å². The lowest BCUT2D eigenvalue weighted by Gasteiger charge is -2.30. The molecule has 0 aliphatic heterocycles. The number of hydrogen-bond donors (Lipinski definition) is 1. The van der Waals surface area contributed by atoms with Crippen LogP contribution in [-0.2, 0) is 0 Å². The number of imidazole rings is 1. The molecule has 1 amide bonds. The second-order valence-corrected chi connectivity index (χ2v) is 7.68. The SMILES string of the molecule is C[C@@H](c1ccc(Cl)cc1)N(C(=O)c1ccc(-n2cc[nH]c2=S)cc1)C1CC1. The van der Waals surface area contributed by atoms with Crippen molar-refractivity contribution in [2.45, 2.75) is 31.8 Å². The van der Waals surface area contributed by atoms with Gasteiger partial charge in [-0.2, -0.15) is 0 Å². The third-order valence-electron chi connectivity index (χ3n) is 4.99. The van der Waals surface area contributed by atoms with Crippen molar-refractivity contribution < 1.29 is 4.79 Å². The number of aromatic nitrogens is 2. The largest absolute Gasteiger partial charge is 0.337 e. The normalized spacial score (nSPS) is 14.7. The highest BCUT2D eigenvalue weighted by Crippen LogP contribution is 2.36. The van der Waals surface area contributed by atoms with Gasteiger partial charge in [-0.1, -0.05) is 23.7 Å². The zero-order valence-electron chi connectivity index (χ0n) is 14.9. The van der Waals surface area contributed by atoms with E-state index in [1.807, 2.05) is 64.2 Å². The Hall–Kier alpha value is -2.37. The molecule has 1 fully saturated rings. The molecule has 4 rings (SSSR count). The van der Waals surface area contributed by atoms with E-state index >= 15 is 0 Å². The molecule has 1 aliphatic carbocycles. The molecule has 138 valence electrons. The number of nitrogens with one attached hydrogen (secondary N) is 1. The number of carbonyl (C=O) groups is 1. The van der Waals surface area contributed by atoms with E-state index in [4.69, 9.17) is 23.8 Å². The number of amides is 1. The summed E-state index contributed by atoms with van der Waals surface area (Å²) in [6.45, 7) is 2.08. The molecular weight excluding hydrogens is 378 g/mol. The Labute approximate surface area is 168 Å². The zero-order chi connectivity index (χ0) is 19.0.